The molecule has 0 saturated carbocycles. The zero-order valence-electron chi connectivity index (χ0n) is 11.9. The van der Waals surface area contributed by atoms with Gasteiger partial charge in [0.05, 0.1) is 19.7 Å². The van der Waals surface area contributed by atoms with Crippen molar-refractivity contribution in [1.29, 1.82) is 0 Å². The van der Waals surface area contributed by atoms with Crippen molar-refractivity contribution in [2.75, 3.05) is 32.8 Å². The third-order valence-corrected chi connectivity index (χ3v) is 2.17. The second kappa shape index (κ2) is 8.78. The van der Waals surface area contributed by atoms with E-state index in [0.717, 1.165) is 0 Å². The van der Waals surface area contributed by atoms with Gasteiger partial charge in [-0.2, -0.15) is 13.2 Å². The first-order valence-electron chi connectivity index (χ1n) is 6.36. The molecule has 8 heteroatoms. The standard InChI is InChI=1S/C12H21F3N2O3/c1-4-20-11(19)7-17(6-9(2)3)10(18)5-16-8-12(13,14)15/h9,16H,4-8H2,1-3H3. The van der Waals surface area contributed by atoms with E-state index in [0.29, 0.717) is 0 Å². The Kier molecular flexibility index (Phi) is 8.21. The molecule has 20 heavy (non-hydrogen) atoms. The molecule has 0 radical (unpaired) electrons. The smallest absolute Gasteiger partial charge is 0.401 e. The number of amides is 1. The number of halogens is 3. The zero-order valence-corrected chi connectivity index (χ0v) is 11.9. The summed E-state index contributed by atoms with van der Waals surface area (Å²) in [7, 11) is 0. The molecule has 0 heterocycles. The van der Waals surface area contributed by atoms with Crippen LogP contribution in [0.1, 0.15) is 20.8 Å². The molecule has 0 aliphatic rings. The molecule has 0 spiro atoms. The molecule has 0 aromatic heterocycles. The molecule has 118 valence electrons. The lowest BCUT2D eigenvalue weighted by Gasteiger charge is -2.24. The molecule has 0 rings (SSSR count). The van der Waals surface area contributed by atoms with Gasteiger partial charge >= 0.3 is 12.1 Å². The van der Waals surface area contributed by atoms with Gasteiger partial charge in [-0.3, -0.25) is 9.59 Å². The number of carbonyl (C=O) groups is 2. The molecular weight excluding hydrogens is 277 g/mol. The zero-order chi connectivity index (χ0) is 15.8. The maximum atomic E-state index is 12.0. The monoisotopic (exact) mass is 298 g/mol. The fourth-order valence-corrected chi connectivity index (χ4v) is 1.48. The van der Waals surface area contributed by atoms with Gasteiger partial charge in [0.2, 0.25) is 5.91 Å². The van der Waals surface area contributed by atoms with Gasteiger partial charge in [-0.15, -0.1) is 0 Å². The van der Waals surface area contributed by atoms with Gasteiger partial charge in [-0.25, -0.2) is 0 Å². The topological polar surface area (TPSA) is 58.6 Å². The van der Waals surface area contributed by atoms with Crippen LogP contribution in [0.25, 0.3) is 0 Å². The second-order valence-corrected chi connectivity index (χ2v) is 4.69. The lowest BCUT2D eigenvalue weighted by Crippen LogP contribution is -2.44. The Bertz CT molecular complexity index is 320. The Balaban J connectivity index is 4.37. The molecule has 0 aliphatic carbocycles. The largest absolute Gasteiger partial charge is 0.465 e. The van der Waals surface area contributed by atoms with Gasteiger partial charge in [0, 0.05) is 6.54 Å². The van der Waals surface area contributed by atoms with Gasteiger partial charge in [0.25, 0.3) is 0 Å². The summed E-state index contributed by atoms with van der Waals surface area (Å²) in [4.78, 5) is 24.3. The van der Waals surface area contributed by atoms with Gasteiger partial charge in [0.15, 0.2) is 0 Å². The minimum atomic E-state index is -4.37. The second-order valence-electron chi connectivity index (χ2n) is 4.69. The number of nitrogens with zero attached hydrogens (tertiary/aromatic N) is 1. The van der Waals surface area contributed by atoms with E-state index >= 15 is 0 Å². The van der Waals surface area contributed by atoms with Crippen LogP contribution in [0.15, 0.2) is 0 Å². The summed E-state index contributed by atoms with van der Waals surface area (Å²) in [5, 5.41) is 2.02. The van der Waals surface area contributed by atoms with E-state index in [1.165, 1.54) is 4.90 Å². The Morgan fingerprint density at radius 3 is 2.35 bits per heavy atom. The average Bonchev–Trinajstić information content (AvgIpc) is 2.25. The van der Waals surface area contributed by atoms with Crippen molar-refractivity contribution < 1.29 is 27.5 Å². The van der Waals surface area contributed by atoms with E-state index in [1.54, 1.807) is 6.92 Å². The van der Waals surface area contributed by atoms with Crippen molar-refractivity contribution in [2.24, 2.45) is 5.92 Å². The van der Waals surface area contributed by atoms with E-state index < -0.39 is 31.1 Å². The molecule has 0 aromatic rings. The minimum Gasteiger partial charge on any atom is -0.465 e. The van der Waals surface area contributed by atoms with Crippen LogP contribution in [0.2, 0.25) is 0 Å². The van der Waals surface area contributed by atoms with Crippen LogP contribution < -0.4 is 5.32 Å². The van der Waals surface area contributed by atoms with Crippen LogP contribution in [-0.2, 0) is 14.3 Å². The fraction of sp³-hybridized carbons (Fsp3) is 0.833. The number of nitrogens with one attached hydrogen (secondary N) is 1. The van der Waals surface area contributed by atoms with E-state index in [2.05, 4.69) is 0 Å². The lowest BCUT2D eigenvalue weighted by molar-refractivity contribution is -0.149. The van der Waals surface area contributed by atoms with Crippen LogP contribution in [-0.4, -0.2) is 55.7 Å². The number of esters is 1. The average molecular weight is 298 g/mol. The minimum absolute atomic E-state index is 0.0935. The van der Waals surface area contributed by atoms with Crippen molar-refractivity contribution in [3.8, 4) is 0 Å². The summed E-state index contributed by atoms with van der Waals surface area (Å²) in [6.07, 6.45) is -4.37. The normalized spacial score (nSPS) is 11.6. The SMILES string of the molecule is CCOC(=O)CN(CC(C)C)C(=O)CNCC(F)(F)F. The lowest BCUT2D eigenvalue weighted by atomic mass is 10.2. The van der Waals surface area contributed by atoms with Crippen molar-refractivity contribution in [1.82, 2.24) is 10.2 Å². The first-order valence-corrected chi connectivity index (χ1v) is 6.36. The van der Waals surface area contributed by atoms with Gasteiger partial charge in [-0.05, 0) is 12.8 Å². The highest BCUT2D eigenvalue weighted by Gasteiger charge is 2.27. The summed E-state index contributed by atoms with van der Waals surface area (Å²) in [5.74, 6) is -1.04. The summed E-state index contributed by atoms with van der Waals surface area (Å²) in [6.45, 7) is 3.83. The third kappa shape index (κ3) is 9.60. The predicted octanol–water partition coefficient (Wildman–Crippen LogP) is 1.19. The first kappa shape index (κ1) is 18.7. The Morgan fingerprint density at radius 2 is 1.90 bits per heavy atom. The summed E-state index contributed by atoms with van der Waals surface area (Å²) in [6, 6.07) is 0. The Labute approximate surface area is 116 Å². The van der Waals surface area contributed by atoms with E-state index in [9.17, 15) is 22.8 Å². The predicted molar refractivity (Wildman–Crippen MR) is 67.0 cm³/mol. The third-order valence-electron chi connectivity index (χ3n) is 2.17. The van der Waals surface area contributed by atoms with Crippen molar-refractivity contribution in [2.45, 2.75) is 26.9 Å². The molecule has 0 aromatic carbocycles. The summed E-state index contributed by atoms with van der Waals surface area (Å²) < 4.78 is 40.6. The number of carbonyl (C=O) groups excluding carboxylic acids is 2. The van der Waals surface area contributed by atoms with Crippen LogP contribution in [0.4, 0.5) is 13.2 Å². The van der Waals surface area contributed by atoms with E-state index in [-0.39, 0.29) is 25.6 Å². The molecule has 0 saturated heterocycles. The number of ether oxygens (including phenoxy) is 1. The molecule has 0 atom stereocenters. The van der Waals surface area contributed by atoms with Crippen molar-refractivity contribution in [3.63, 3.8) is 0 Å². The summed E-state index contributed by atoms with van der Waals surface area (Å²) in [5.41, 5.74) is 0. The van der Waals surface area contributed by atoms with E-state index in [4.69, 9.17) is 4.74 Å². The molecule has 0 fully saturated rings. The highest BCUT2D eigenvalue weighted by atomic mass is 19.4. The number of hydrogen-bond acceptors (Lipinski definition) is 4. The Morgan fingerprint density at radius 1 is 1.30 bits per heavy atom. The number of alkyl halides is 3. The van der Waals surface area contributed by atoms with Gasteiger partial charge in [0.1, 0.15) is 6.54 Å². The van der Waals surface area contributed by atoms with Gasteiger partial charge < -0.3 is 15.0 Å². The highest BCUT2D eigenvalue weighted by Crippen LogP contribution is 2.12. The maximum absolute atomic E-state index is 12.0. The molecule has 1 N–H and O–H groups in total. The molecule has 5 nitrogen and oxygen atoms in total. The van der Waals surface area contributed by atoms with Crippen LogP contribution in [0.5, 0.6) is 0 Å². The van der Waals surface area contributed by atoms with Crippen LogP contribution in [0.3, 0.4) is 0 Å². The fourth-order valence-electron chi connectivity index (χ4n) is 1.48. The Hall–Kier alpha value is -1.31. The molecule has 0 unspecified atom stereocenters. The van der Waals surface area contributed by atoms with Crippen molar-refractivity contribution >= 4 is 11.9 Å². The van der Waals surface area contributed by atoms with Crippen LogP contribution in [0, 0.1) is 5.92 Å². The summed E-state index contributed by atoms with van der Waals surface area (Å²) >= 11 is 0. The highest BCUT2D eigenvalue weighted by molar-refractivity contribution is 5.83. The first-order chi connectivity index (χ1) is 9.15. The maximum Gasteiger partial charge on any atom is 0.401 e. The molecule has 0 aliphatic heterocycles. The van der Waals surface area contributed by atoms with Gasteiger partial charge in [-0.1, -0.05) is 13.8 Å². The molecule has 1 amide bonds. The molecular formula is C12H21F3N2O3. The quantitative estimate of drug-likeness (QED) is 0.684. The number of hydrogen-bond donors (Lipinski definition) is 1. The molecule has 0 bridgehead atoms. The number of rotatable bonds is 8. The van der Waals surface area contributed by atoms with E-state index in [1.807, 2.05) is 19.2 Å². The van der Waals surface area contributed by atoms with Crippen LogP contribution >= 0.6 is 0 Å². The van der Waals surface area contributed by atoms with Crippen molar-refractivity contribution in [3.05, 3.63) is 0 Å².